The van der Waals surface area contributed by atoms with E-state index in [4.69, 9.17) is 0 Å². The van der Waals surface area contributed by atoms with Crippen LogP contribution < -0.4 is 20.9 Å². The summed E-state index contributed by atoms with van der Waals surface area (Å²) in [6, 6.07) is 2.16. The maximum atomic E-state index is 13.5. The zero-order valence-electron chi connectivity index (χ0n) is 18.4. The van der Waals surface area contributed by atoms with Gasteiger partial charge in [0, 0.05) is 26.8 Å². The van der Waals surface area contributed by atoms with E-state index in [1.54, 1.807) is 39.2 Å². The number of pyridine rings is 1. The molecular weight excluding hydrogens is 408 g/mol. The number of rotatable bonds is 7. The fourth-order valence-corrected chi connectivity index (χ4v) is 3.21. The van der Waals surface area contributed by atoms with Crippen molar-refractivity contribution in [2.45, 2.75) is 45.3 Å². The van der Waals surface area contributed by atoms with Crippen molar-refractivity contribution in [2.24, 2.45) is 5.92 Å². The first-order chi connectivity index (χ1) is 13.7. The Morgan fingerprint density at radius 3 is 2.50 bits per heavy atom. The van der Waals surface area contributed by atoms with Crippen molar-refractivity contribution >= 4 is 36.1 Å². The van der Waals surface area contributed by atoms with E-state index in [-0.39, 0.29) is 42.2 Å². The first kappa shape index (κ1) is 25.6. The lowest BCUT2D eigenvalue weighted by Gasteiger charge is -2.31. The maximum Gasteiger partial charge on any atom is 0.316 e. The molecule has 3 atom stereocenters. The second kappa shape index (κ2) is 11.1. The number of hydrogen-bond donors (Lipinski definition) is 3. The van der Waals surface area contributed by atoms with Gasteiger partial charge in [-0.25, -0.2) is 9.78 Å². The number of carbonyl (C=O) groups is 3. The zero-order chi connectivity index (χ0) is 21.7. The van der Waals surface area contributed by atoms with Crippen LogP contribution in [0.2, 0.25) is 0 Å². The van der Waals surface area contributed by atoms with E-state index in [0.29, 0.717) is 18.8 Å². The lowest BCUT2D eigenvalue weighted by Crippen LogP contribution is -2.57. The van der Waals surface area contributed by atoms with Crippen molar-refractivity contribution in [3.8, 4) is 0 Å². The smallest absolute Gasteiger partial charge is 0.316 e. The molecule has 1 aliphatic heterocycles. The lowest BCUT2D eigenvalue weighted by atomic mass is 10.0. The Labute approximate surface area is 184 Å². The fourth-order valence-electron chi connectivity index (χ4n) is 3.21. The third-order valence-corrected chi connectivity index (χ3v) is 5.11. The molecule has 9 nitrogen and oxygen atoms in total. The van der Waals surface area contributed by atoms with Crippen LogP contribution in [0.4, 0.5) is 10.6 Å². The number of anilines is 1. The van der Waals surface area contributed by atoms with Gasteiger partial charge in [-0.1, -0.05) is 19.9 Å². The SMILES string of the molecule is CN[C@@H](C)C(=O)N[C@H](C(=O)N1c2ncccc2C[C@H]1CNC(=O)N(C)C)C(C)C.Cl. The number of amides is 4. The van der Waals surface area contributed by atoms with Crippen molar-refractivity contribution in [3.05, 3.63) is 23.9 Å². The normalized spacial score (nSPS) is 16.9. The average molecular weight is 441 g/mol. The van der Waals surface area contributed by atoms with Gasteiger partial charge >= 0.3 is 6.03 Å². The zero-order valence-corrected chi connectivity index (χ0v) is 19.2. The van der Waals surface area contributed by atoms with Gasteiger partial charge < -0.3 is 20.9 Å². The quantitative estimate of drug-likeness (QED) is 0.581. The van der Waals surface area contributed by atoms with E-state index in [1.165, 1.54) is 4.90 Å². The lowest BCUT2D eigenvalue weighted by molar-refractivity contribution is -0.129. The van der Waals surface area contributed by atoms with E-state index in [9.17, 15) is 14.4 Å². The molecule has 0 unspecified atom stereocenters. The van der Waals surface area contributed by atoms with Crippen LogP contribution in [0, 0.1) is 5.92 Å². The molecule has 0 aromatic carbocycles. The summed E-state index contributed by atoms with van der Waals surface area (Å²) in [5.74, 6) is 0.0131. The van der Waals surface area contributed by atoms with Crippen LogP contribution in [0.1, 0.15) is 26.3 Å². The van der Waals surface area contributed by atoms with Crippen molar-refractivity contribution in [3.63, 3.8) is 0 Å². The molecule has 3 N–H and O–H groups in total. The Bertz CT molecular complexity index is 758. The molecule has 0 saturated carbocycles. The van der Waals surface area contributed by atoms with Crippen LogP contribution in [0.5, 0.6) is 0 Å². The largest absolute Gasteiger partial charge is 0.343 e. The molecule has 1 aliphatic rings. The number of aromatic nitrogens is 1. The minimum atomic E-state index is -0.696. The van der Waals surface area contributed by atoms with Crippen molar-refractivity contribution in [1.29, 1.82) is 0 Å². The summed E-state index contributed by atoms with van der Waals surface area (Å²) in [6.45, 7) is 5.82. The average Bonchev–Trinajstić information content (AvgIpc) is 3.06. The second-order valence-electron chi connectivity index (χ2n) is 7.87. The van der Waals surface area contributed by atoms with Crippen molar-refractivity contribution < 1.29 is 14.4 Å². The first-order valence-electron chi connectivity index (χ1n) is 9.87. The summed E-state index contributed by atoms with van der Waals surface area (Å²) in [7, 11) is 5.02. The van der Waals surface area contributed by atoms with Gasteiger partial charge in [-0.3, -0.25) is 14.5 Å². The molecule has 0 saturated heterocycles. The van der Waals surface area contributed by atoms with E-state index in [1.807, 2.05) is 26.0 Å². The Morgan fingerprint density at radius 2 is 1.93 bits per heavy atom. The van der Waals surface area contributed by atoms with Gasteiger partial charge in [0.25, 0.3) is 5.91 Å². The van der Waals surface area contributed by atoms with Crippen LogP contribution in [0.15, 0.2) is 18.3 Å². The van der Waals surface area contributed by atoms with Gasteiger partial charge in [0.2, 0.25) is 5.91 Å². The molecular formula is C20H33ClN6O3. The topological polar surface area (TPSA) is 107 Å². The van der Waals surface area contributed by atoms with Crippen LogP contribution in [0.25, 0.3) is 0 Å². The first-order valence-corrected chi connectivity index (χ1v) is 9.87. The highest BCUT2D eigenvalue weighted by Gasteiger charge is 2.39. The monoisotopic (exact) mass is 440 g/mol. The number of halogens is 1. The molecule has 1 aromatic rings. The van der Waals surface area contributed by atoms with Gasteiger partial charge in [-0.15, -0.1) is 12.4 Å². The predicted molar refractivity (Wildman–Crippen MR) is 119 cm³/mol. The van der Waals surface area contributed by atoms with E-state index in [0.717, 1.165) is 5.56 Å². The molecule has 2 rings (SSSR count). The number of nitrogens with one attached hydrogen (secondary N) is 3. The van der Waals surface area contributed by atoms with Gasteiger partial charge in [-0.2, -0.15) is 0 Å². The summed E-state index contributed by atoms with van der Waals surface area (Å²) in [5, 5.41) is 8.59. The van der Waals surface area contributed by atoms with Crippen molar-refractivity contribution in [2.75, 3.05) is 32.6 Å². The molecule has 10 heteroatoms. The Balaban J connectivity index is 0.00000450. The Kier molecular flexibility index (Phi) is 9.51. The highest BCUT2D eigenvalue weighted by Crippen LogP contribution is 2.31. The predicted octanol–water partition coefficient (Wildman–Crippen LogP) is 0.781. The van der Waals surface area contributed by atoms with E-state index < -0.39 is 12.1 Å². The summed E-state index contributed by atoms with van der Waals surface area (Å²) in [6.07, 6.45) is 2.24. The molecule has 2 heterocycles. The molecule has 30 heavy (non-hydrogen) atoms. The number of urea groups is 1. The van der Waals surface area contributed by atoms with Crippen LogP contribution in [-0.4, -0.2) is 73.5 Å². The minimum Gasteiger partial charge on any atom is -0.343 e. The number of nitrogens with zero attached hydrogens (tertiary/aromatic N) is 3. The summed E-state index contributed by atoms with van der Waals surface area (Å²) < 4.78 is 0. The van der Waals surface area contributed by atoms with Gasteiger partial charge in [-0.05, 0) is 37.9 Å². The molecule has 0 radical (unpaired) electrons. The Hall–Kier alpha value is -2.39. The van der Waals surface area contributed by atoms with Gasteiger partial charge in [0.15, 0.2) is 0 Å². The third-order valence-electron chi connectivity index (χ3n) is 5.11. The molecule has 1 aromatic heterocycles. The summed E-state index contributed by atoms with van der Waals surface area (Å²) in [4.78, 5) is 45.4. The standard InChI is InChI=1S/C20H32N6O3.ClH/c1-12(2)16(24-18(27)13(3)21-4)19(28)26-15(11-23-20(29)25(5)6)10-14-8-7-9-22-17(14)26;/h7-9,12-13,15-16,21H,10-11H2,1-6H3,(H,23,29)(H,24,27);1H/t13-,15-,16-;/m0./s1. The summed E-state index contributed by atoms with van der Waals surface area (Å²) in [5.41, 5.74) is 0.947. The maximum absolute atomic E-state index is 13.5. The highest BCUT2D eigenvalue weighted by molar-refractivity contribution is 6.01. The minimum absolute atomic E-state index is 0. The molecule has 0 aliphatic carbocycles. The van der Waals surface area contributed by atoms with Crippen molar-refractivity contribution in [1.82, 2.24) is 25.8 Å². The van der Waals surface area contributed by atoms with E-state index >= 15 is 0 Å². The number of likely N-dealkylation sites (N-methyl/N-ethyl adjacent to an activating group) is 1. The molecule has 4 amide bonds. The van der Waals surface area contributed by atoms with Crippen LogP contribution in [0.3, 0.4) is 0 Å². The van der Waals surface area contributed by atoms with Gasteiger partial charge in [0.05, 0.1) is 12.1 Å². The molecule has 168 valence electrons. The van der Waals surface area contributed by atoms with Crippen LogP contribution >= 0.6 is 12.4 Å². The molecule has 0 fully saturated rings. The number of carbonyl (C=O) groups excluding carboxylic acids is 3. The highest BCUT2D eigenvalue weighted by atomic mass is 35.5. The third kappa shape index (κ3) is 5.82. The number of fused-ring (bicyclic) bond motifs is 1. The molecule has 0 spiro atoms. The van der Waals surface area contributed by atoms with Crippen LogP contribution in [-0.2, 0) is 16.0 Å². The number of hydrogen-bond acceptors (Lipinski definition) is 5. The van der Waals surface area contributed by atoms with E-state index in [2.05, 4.69) is 20.9 Å². The van der Waals surface area contributed by atoms with Gasteiger partial charge in [0.1, 0.15) is 11.9 Å². The fraction of sp³-hybridized carbons (Fsp3) is 0.600. The Morgan fingerprint density at radius 1 is 1.27 bits per heavy atom. The summed E-state index contributed by atoms with van der Waals surface area (Å²) >= 11 is 0. The second-order valence-corrected chi connectivity index (χ2v) is 7.87. The molecule has 0 bridgehead atoms.